The Hall–Kier alpha value is -4.03. The topological polar surface area (TPSA) is 102 Å². The number of nitriles is 1. The third-order valence-electron chi connectivity index (χ3n) is 5.26. The van der Waals surface area contributed by atoms with E-state index >= 15 is 0 Å². The molecule has 0 saturated carbocycles. The number of hydrogen-bond acceptors (Lipinski definition) is 8. The fourth-order valence-electron chi connectivity index (χ4n) is 3.65. The van der Waals surface area contributed by atoms with Crippen LogP contribution in [0.1, 0.15) is 12.8 Å². The summed E-state index contributed by atoms with van der Waals surface area (Å²) >= 11 is 1.27. The number of aromatic nitrogens is 2. The zero-order valence-electron chi connectivity index (χ0n) is 17.6. The second-order valence-corrected chi connectivity index (χ2v) is 7.87. The summed E-state index contributed by atoms with van der Waals surface area (Å²) in [5, 5.41) is 18.3. The lowest BCUT2D eigenvalue weighted by Gasteiger charge is -2.19. The zero-order valence-corrected chi connectivity index (χ0v) is 18.4. The highest BCUT2D eigenvalue weighted by atomic mass is 32.1. The van der Waals surface area contributed by atoms with Crippen molar-refractivity contribution in [2.45, 2.75) is 12.8 Å². The highest BCUT2D eigenvalue weighted by Gasteiger charge is 2.31. The Morgan fingerprint density at radius 3 is 2.25 bits per heavy atom. The molecule has 0 spiro atoms. The molecule has 1 amide bonds. The van der Waals surface area contributed by atoms with E-state index in [2.05, 4.69) is 14.9 Å². The number of nitrogens with one attached hydrogen (secondary N) is 1. The maximum Gasteiger partial charge on any atom is 0.224 e. The summed E-state index contributed by atoms with van der Waals surface area (Å²) < 4.78 is 3.84. The Labute approximate surface area is 189 Å². The third kappa shape index (κ3) is 4.08. The number of fused-ring (bicyclic) bond motifs is 1. The molecule has 1 N–H and O–H groups in total. The van der Waals surface area contributed by atoms with Gasteiger partial charge in [-0.3, -0.25) is 9.59 Å². The molecule has 0 radical (unpaired) electrons. The minimum Gasteiger partial charge on any atom is -0.328 e. The number of para-hydroxylation sites is 2. The highest BCUT2D eigenvalue weighted by Crippen LogP contribution is 2.40. The molecule has 0 unspecified atom stereocenters. The van der Waals surface area contributed by atoms with Gasteiger partial charge in [0.15, 0.2) is 5.78 Å². The lowest BCUT2D eigenvalue weighted by Crippen LogP contribution is -2.26. The molecule has 1 aliphatic heterocycles. The van der Waals surface area contributed by atoms with E-state index in [4.69, 9.17) is 0 Å². The van der Waals surface area contributed by atoms with E-state index in [-0.39, 0.29) is 30.1 Å². The molecule has 0 bridgehead atoms. The highest BCUT2D eigenvalue weighted by molar-refractivity contribution is 7.03. The van der Waals surface area contributed by atoms with E-state index in [0.29, 0.717) is 11.5 Å². The van der Waals surface area contributed by atoms with E-state index in [1.807, 2.05) is 71.7 Å². The minimum absolute atomic E-state index is 0.0184. The Kier molecular flexibility index (Phi) is 5.96. The molecule has 0 fully saturated rings. The predicted molar refractivity (Wildman–Crippen MR) is 124 cm³/mol. The van der Waals surface area contributed by atoms with Crippen LogP contribution in [0.25, 0.3) is 11.3 Å². The fourth-order valence-corrected chi connectivity index (χ4v) is 4.11. The van der Waals surface area contributed by atoms with E-state index in [1.54, 1.807) is 12.1 Å². The van der Waals surface area contributed by atoms with Gasteiger partial charge in [0.1, 0.15) is 23.2 Å². The molecule has 8 nitrogen and oxygen atoms in total. The largest absolute Gasteiger partial charge is 0.328 e. The van der Waals surface area contributed by atoms with Crippen molar-refractivity contribution in [3.8, 4) is 17.3 Å². The first-order chi connectivity index (χ1) is 15.5. The van der Waals surface area contributed by atoms with Gasteiger partial charge in [-0.2, -0.15) is 5.26 Å². The summed E-state index contributed by atoms with van der Waals surface area (Å²) in [7, 11) is 3.64. The van der Waals surface area contributed by atoms with Crippen LogP contribution in [0.5, 0.6) is 0 Å². The molecule has 2 heterocycles. The van der Waals surface area contributed by atoms with Gasteiger partial charge in [0.2, 0.25) is 5.91 Å². The first-order valence-corrected chi connectivity index (χ1v) is 10.7. The standard InChI is InChI=1S/C23H20N6O2S/c1-28-19-5-3-4-6-20(19)29(2)23(28)17(13-24)21(30)11-12-22(31)25-16-9-7-15(8-10-16)18-14-32-27-26-18/h3-10,14H,11-12H2,1-2H3,(H,25,31). The number of benzene rings is 2. The Bertz CT molecular complexity index is 1200. The second-order valence-electron chi connectivity index (χ2n) is 7.26. The van der Waals surface area contributed by atoms with Crippen LogP contribution in [0.2, 0.25) is 0 Å². The number of amides is 1. The molecule has 1 aliphatic rings. The number of allylic oxidation sites excluding steroid dienone is 1. The minimum atomic E-state index is -0.365. The number of carbonyl (C=O) groups is 2. The van der Waals surface area contributed by atoms with Crippen LogP contribution in [0.3, 0.4) is 0 Å². The van der Waals surface area contributed by atoms with Gasteiger partial charge in [-0.15, -0.1) is 5.10 Å². The lowest BCUT2D eigenvalue weighted by atomic mass is 10.1. The Balaban J connectivity index is 1.40. The number of Topliss-reactive ketones (excluding diaryl/α,β-unsaturated/α-hetero) is 1. The smallest absolute Gasteiger partial charge is 0.224 e. The van der Waals surface area contributed by atoms with Crippen molar-refractivity contribution in [3.05, 3.63) is 65.3 Å². The summed E-state index contributed by atoms with van der Waals surface area (Å²) in [6.45, 7) is 0. The van der Waals surface area contributed by atoms with Gasteiger partial charge in [-0.25, -0.2) is 0 Å². The van der Waals surface area contributed by atoms with Gasteiger partial charge >= 0.3 is 0 Å². The van der Waals surface area contributed by atoms with Crippen LogP contribution in [-0.4, -0.2) is 35.4 Å². The molecule has 4 rings (SSSR count). The van der Waals surface area contributed by atoms with Crippen LogP contribution in [-0.2, 0) is 9.59 Å². The number of rotatable bonds is 6. The van der Waals surface area contributed by atoms with Crippen LogP contribution in [0.4, 0.5) is 17.1 Å². The van der Waals surface area contributed by atoms with Crippen LogP contribution in [0.15, 0.2) is 65.3 Å². The van der Waals surface area contributed by atoms with Gasteiger partial charge in [0.25, 0.3) is 0 Å². The van der Waals surface area contributed by atoms with E-state index in [9.17, 15) is 14.9 Å². The van der Waals surface area contributed by atoms with Crippen molar-refractivity contribution in [1.82, 2.24) is 9.59 Å². The quantitative estimate of drug-likeness (QED) is 0.455. The summed E-state index contributed by atoms with van der Waals surface area (Å²) in [4.78, 5) is 28.8. The number of carbonyl (C=O) groups excluding carboxylic acids is 2. The number of ketones is 1. The predicted octanol–water partition coefficient (Wildman–Crippen LogP) is 3.81. The molecule has 0 atom stereocenters. The molecule has 1 aromatic heterocycles. The lowest BCUT2D eigenvalue weighted by molar-refractivity contribution is -0.120. The third-order valence-corrected chi connectivity index (χ3v) is 5.76. The molecule has 0 saturated heterocycles. The first kappa shape index (κ1) is 21.2. The fraction of sp³-hybridized carbons (Fsp3) is 0.174. The maximum atomic E-state index is 12.8. The summed E-state index contributed by atoms with van der Waals surface area (Å²) in [5.74, 6) is -0.137. The van der Waals surface area contributed by atoms with E-state index in [0.717, 1.165) is 22.6 Å². The SMILES string of the molecule is CN1C(=C(C#N)C(=O)CCC(=O)Nc2ccc(-c3csnn3)cc2)N(C)c2ccccc21. The van der Waals surface area contributed by atoms with E-state index in [1.165, 1.54) is 11.5 Å². The van der Waals surface area contributed by atoms with Gasteiger partial charge in [0.05, 0.1) is 11.4 Å². The average Bonchev–Trinajstić information content (AvgIpc) is 3.43. The van der Waals surface area contributed by atoms with Crippen molar-refractivity contribution in [3.63, 3.8) is 0 Å². The summed E-state index contributed by atoms with van der Waals surface area (Å²) in [6.07, 6.45) is -0.0751. The van der Waals surface area contributed by atoms with E-state index < -0.39 is 0 Å². The maximum absolute atomic E-state index is 12.8. The first-order valence-electron chi connectivity index (χ1n) is 9.91. The number of nitrogens with zero attached hydrogens (tertiary/aromatic N) is 5. The average molecular weight is 445 g/mol. The van der Waals surface area contributed by atoms with Crippen molar-refractivity contribution in [2.24, 2.45) is 0 Å². The normalized spacial score (nSPS) is 12.3. The van der Waals surface area contributed by atoms with Gasteiger partial charge in [-0.1, -0.05) is 28.8 Å². The molecule has 0 aliphatic carbocycles. The summed E-state index contributed by atoms with van der Waals surface area (Å²) in [6, 6.07) is 17.0. The summed E-state index contributed by atoms with van der Waals surface area (Å²) in [5.41, 5.74) is 4.18. The van der Waals surface area contributed by atoms with Gasteiger partial charge < -0.3 is 15.1 Å². The van der Waals surface area contributed by atoms with Crippen molar-refractivity contribution < 1.29 is 9.59 Å². The number of anilines is 3. The molecule has 32 heavy (non-hydrogen) atoms. The molecular formula is C23H20N6O2S. The Morgan fingerprint density at radius 1 is 1.03 bits per heavy atom. The molecule has 160 valence electrons. The molecular weight excluding hydrogens is 424 g/mol. The zero-order chi connectivity index (χ0) is 22.7. The van der Waals surface area contributed by atoms with Crippen LogP contribution < -0.4 is 15.1 Å². The number of hydrogen-bond donors (Lipinski definition) is 1. The Morgan fingerprint density at radius 2 is 1.69 bits per heavy atom. The van der Waals surface area contributed by atoms with Crippen LogP contribution >= 0.6 is 11.5 Å². The van der Waals surface area contributed by atoms with Gasteiger partial charge in [-0.05, 0) is 35.8 Å². The van der Waals surface area contributed by atoms with Gasteiger partial charge in [0, 0.05) is 43.6 Å². The van der Waals surface area contributed by atoms with Crippen molar-refractivity contribution in [2.75, 3.05) is 29.2 Å². The van der Waals surface area contributed by atoms with Crippen molar-refractivity contribution >= 4 is 40.3 Å². The molecule has 2 aromatic carbocycles. The van der Waals surface area contributed by atoms with Crippen molar-refractivity contribution in [1.29, 1.82) is 5.26 Å². The molecule has 9 heteroatoms. The monoisotopic (exact) mass is 444 g/mol. The second kappa shape index (κ2) is 8.99. The van der Waals surface area contributed by atoms with Crippen LogP contribution in [0, 0.1) is 11.3 Å². The molecule has 3 aromatic rings.